The maximum absolute atomic E-state index is 12.9. The fourth-order valence-corrected chi connectivity index (χ4v) is 5.42. The molecule has 3 aromatic rings. The molecular formula is C19H17N5O2S3. The van der Waals surface area contributed by atoms with E-state index in [0.717, 1.165) is 10.4 Å². The summed E-state index contributed by atoms with van der Waals surface area (Å²) in [6.45, 7) is 0.579. The highest BCUT2D eigenvalue weighted by Crippen LogP contribution is 2.34. The normalized spacial score (nSPS) is 10.6. The summed E-state index contributed by atoms with van der Waals surface area (Å²) in [5, 5.41) is 22.5. The third-order valence-corrected chi connectivity index (χ3v) is 7.02. The van der Waals surface area contributed by atoms with Crippen molar-refractivity contribution in [2.24, 2.45) is 7.05 Å². The van der Waals surface area contributed by atoms with Crippen LogP contribution in [-0.4, -0.2) is 39.2 Å². The third-order valence-electron chi connectivity index (χ3n) is 4.23. The van der Waals surface area contributed by atoms with Gasteiger partial charge in [-0.2, -0.15) is 10.5 Å². The molecule has 0 bridgehead atoms. The van der Waals surface area contributed by atoms with Crippen LogP contribution in [-0.2, 0) is 11.8 Å². The Balaban J connectivity index is 1.81. The average Bonchev–Trinajstić information content (AvgIpc) is 3.39. The Morgan fingerprint density at radius 1 is 1.28 bits per heavy atom. The molecule has 0 aliphatic carbocycles. The van der Waals surface area contributed by atoms with Crippen molar-refractivity contribution in [2.45, 2.75) is 18.0 Å². The predicted octanol–water partition coefficient (Wildman–Crippen LogP) is 3.47. The van der Waals surface area contributed by atoms with Crippen LogP contribution >= 0.6 is 34.4 Å². The maximum Gasteiger partial charge on any atom is 0.263 e. The van der Waals surface area contributed by atoms with Gasteiger partial charge in [0.1, 0.15) is 4.83 Å². The molecule has 7 nitrogen and oxygen atoms in total. The standard InChI is InChI=1S/C19H17N5O2S3/c1-23-18(26)16-13(14-5-2-10-27-14)11-28-17(16)22-19(23)29-12-15(25)24(8-3-6-20)9-4-7-21/h2,5,10-11H,3-4,8-9,12H2,1H3. The number of rotatable bonds is 8. The van der Waals surface area contributed by atoms with Crippen LogP contribution in [0.4, 0.5) is 0 Å². The van der Waals surface area contributed by atoms with Crippen LogP contribution in [0.15, 0.2) is 32.8 Å². The minimum absolute atomic E-state index is 0.0891. The van der Waals surface area contributed by atoms with Crippen LogP contribution in [0, 0.1) is 22.7 Å². The Kier molecular flexibility index (Phi) is 7.04. The van der Waals surface area contributed by atoms with Gasteiger partial charge in [0.05, 0.1) is 36.1 Å². The highest BCUT2D eigenvalue weighted by Gasteiger charge is 2.18. The van der Waals surface area contributed by atoms with E-state index in [2.05, 4.69) is 4.98 Å². The first kappa shape index (κ1) is 21.1. The van der Waals surface area contributed by atoms with E-state index >= 15 is 0 Å². The number of aromatic nitrogens is 2. The van der Waals surface area contributed by atoms with Gasteiger partial charge in [0.25, 0.3) is 5.56 Å². The Morgan fingerprint density at radius 3 is 2.62 bits per heavy atom. The topological polar surface area (TPSA) is 103 Å². The summed E-state index contributed by atoms with van der Waals surface area (Å²) >= 11 is 4.18. The van der Waals surface area contributed by atoms with E-state index in [-0.39, 0.29) is 43.2 Å². The first-order chi connectivity index (χ1) is 14.1. The van der Waals surface area contributed by atoms with E-state index in [0.29, 0.717) is 15.4 Å². The van der Waals surface area contributed by atoms with E-state index in [9.17, 15) is 9.59 Å². The molecule has 3 aromatic heterocycles. The molecule has 0 saturated heterocycles. The molecule has 0 atom stereocenters. The molecule has 0 aromatic carbocycles. The second kappa shape index (κ2) is 9.70. The molecule has 0 radical (unpaired) electrons. The van der Waals surface area contributed by atoms with Crippen molar-refractivity contribution >= 4 is 50.6 Å². The second-order valence-electron chi connectivity index (χ2n) is 6.05. The highest BCUT2D eigenvalue weighted by atomic mass is 32.2. The van der Waals surface area contributed by atoms with E-state index < -0.39 is 0 Å². The fourth-order valence-electron chi connectivity index (χ4n) is 2.74. The monoisotopic (exact) mass is 443 g/mol. The van der Waals surface area contributed by atoms with Gasteiger partial charge in [0.15, 0.2) is 5.16 Å². The van der Waals surface area contributed by atoms with E-state index in [1.807, 2.05) is 35.0 Å². The lowest BCUT2D eigenvalue weighted by Gasteiger charge is -2.20. The zero-order valence-corrected chi connectivity index (χ0v) is 18.1. The molecule has 0 saturated carbocycles. The number of carbonyl (C=O) groups is 1. The van der Waals surface area contributed by atoms with Crippen LogP contribution in [0.25, 0.3) is 20.7 Å². The quantitative estimate of drug-likeness (QED) is 0.390. The zero-order valence-electron chi connectivity index (χ0n) is 15.6. The molecule has 0 aliphatic rings. The number of hydrogen-bond donors (Lipinski definition) is 0. The first-order valence-electron chi connectivity index (χ1n) is 8.73. The Bertz CT molecular complexity index is 1130. The predicted molar refractivity (Wildman–Crippen MR) is 116 cm³/mol. The van der Waals surface area contributed by atoms with Crippen LogP contribution in [0.2, 0.25) is 0 Å². The van der Waals surface area contributed by atoms with Crippen molar-refractivity contribution in [1.29, 1.82) is 10.5 Å². The molecule has 0 N–H and O–H groups in total. The molecule has 29 heavy (non-hydrogen) atoms. The van der Waals surface area contributed by atoms with Crippen molar-refractivity contribution in [2.75, 3.05) is 18.8 Å². The largest absolute Gasteiger partial charge is 0.340 e. The lowest BCUT2D eigenvalue weighted by molar-refractivity contribution is -0.128. The van der Waals surface area contributed by atoms with Crippen molar-refractivity contribution in [3.05, 3.63) is 33.2 Å². The van der Waals surface area contributed by atoms with Crippen molar-refractivity contribution in [1.82, 2.24) is 14.5 Å². The van der Waals surface area contributed by atoms with E-state index in [1.54, 1.807) is 18.4 Å². The minimum atomic E-state index is -0.180. The van der Waals surface area contributed by atoms with Crippen LogP contribution < -0.4 is 5.56 Å². The Hall–Kier alpha value is -2.66. The number of fused-ring (bicyclic) bond motifs is 1. The molecule has 0 spiro atoms. The number of nitriles is 2. The summed E-state index contributed by atoms with van der Waals surface area (Å²) in [6.07, 6.45) is 0.427. The van der Waals surface area contributed by atoms with Gasteiger partial charge < -0.3 is 4.90 Å². The number of amides is 1. The minimum Gasteiger partial charge on any atom is -0.340 e. The molecule has 3 heterocycles. The number of thioether (sulfide) groups is 1. The van der Waals surface area contributed by atoms with Crippen LogP contribution in [0.3, 0.4) is 0 Å². The molecule has 10 heteroatoms. The lowest BCUT2D eigenvalue weighted by atomic mass is 10.2. The van der Waals surface area contributed by atoms with Crippen molar-refractivity contribution in [3.63, 3.8) is 0 Å². The summed E-state index contributed by atoms with van der Waals surface area (Å²) in [5.41, 5.74) is 0.750. The molecule has 3 rings (SSSR count). The van der Waals surface area contributed by atoms with E-state index in [4.69, 9.17) is 10.5 Å². The molecule has 148 valence electrons. The van der Waals surface area contributed by atoms with Gasteiger partial charge in [-0.05, 0) is 11.4 Å². The van der Waals surface area contributed by atoms with Gasteiger partial charge in [0, 0.05) is 36.0 Å². The SMILES string of the molecule is Cn1c(SCC(=O)N(CCC#N)CCC#N)nc2scc(-c3cccs3)c2c1=O. The number of hydrogen-bond acceptors (Lipinski definition) is 8. The van der Waals surface area contributed by atoms with Gasteiger partial charge in [0.2, 0.25) is 5.91 Å². The summed E-state index contributed by atoms with van der Waals surface area (Å²) < 4.78 is 1.47. The van der Waals surface area contributed by atoms with Gasteiger partial charge in [-0.15, -0.1) is 22.7 Å². The Labute approximate surface area is 179 Å². The number of nitrogens with zero attached hydrogens (tertiary/aromatic N) is 5. The smallest absolute Gasteiger partial charge is 0.263 e. The van der Waals surface area contributed by atoms with Crippen LogP contribution in [0.5, 0.6) is 0 Å². The number of carbonyl (C=O) groups excluding carboxylic acids is 1. The third kappa shape index (κ3) is 4.67. The maximum atomic E-state index is 12.9. The summed E-state index contributed by atoms with van der Waals surface area (Å²) in [7, 11) is 1.65. The molecule has 0 fully saturated rings. The van der Waals surface area contributed by atoms with Crippen molar-refractivity contribution in [3.8, 4) is 22.6 Å². The number of thiophene rings is 2. The van der Waals surface area contributed by atoms with Gasteiger partial charge in [-0.25, -0.2) is 4.98 Å². The average molecular weight is 444 g/mol. The van der Waals surface area contributed by atoms with Crippen LogP contribution in [0.1, 0.15) is 12.8 Å². The molecule has 0 unspecified atom stereocenters. The fraction of sp³-hybridized carbons (Fsp3) is 0.316. The summed E-state index contributed by atoms with van der Waals surface area (Å²) in [6, 6.07) is 7.95. The van der Waals surface area contributed by atoms with Crippen molar-refractivity contribution < 1.29 is 4.79 Å². The van der Waals surface area contributed by atoms with Gasteiger partial charge >= 0.3 is 0 Å². The van der Waals surface area contributed by atoms with Gasteiger partial charge in [-0.1, -0.05) is 17.8 Å². The van der Waals surface area contributed by atoms with Gasteiger partial charge in [-0.3, -0.25) is 14.2 Å². The lowest BCUT2D eigenvalue weighted by Crippen LogP contribution is -2.34. The Morgan fingerprint density at radius 2 is 2.00 bits per heavy atom. The molecular weight excluding hydrogens is 426 g/mol. The summed E-state index contributed by atoms with van der Waals surface area (Å²) in [5.74, 6) is -0.0912. The zero-order chi connectivity index (χ0) is 20.8. The second-order valence-corrected chi connectivity index (χ2v) is 8.80. The van der Waals surface area contributed by atoms with E-state index in [1.165, 1.54) is 32.6 Å². The molecule has 0 aliphatic heterocycles. The first-order valence-corrected chi connectivity index (χ1v) is 11.5. The molecule has 1 amide bonds. The highest BCUT2D eigenvalue weighted by molar-refractivity contribution is 7.99. The summed E-state index contributed by atoms with van der Waals surface area (Å²) in [4.78, 5) is 33.2.